The number of rotatable bonds is 15. The van der Waals surface area contributed by atoms with Crippen LogP contribution in [0.5, 0.6) is 0 Å². The highest BCUT2D eigenvalue weighted by Gasteiger charge is 2.17. The Morgan fingerprint density at radius 3 is 2.32 bits per heavy atom. The number of amides is 1. The summed E-state index contributed by atoms with van der Waals surface area (Å²) < 4.78 is 0. The van der Waals surface area contributed by atoms with Gasteiger partial charge in [-0.25, -0.2) is 0 Å². The monoisotopic (exact) mass is 525 g/mol. The lowest BCUT2D eigenvalue weighted by atomic mass is 10.1. The molecule has 0 bridgehead atoms. The molecule has 202 valence electrons. The Bertz CT molecular complexity index is 946. The van der Waals surface area contributed by atoms with Gasteiger partial charge in [-0.15, -0.1) is 11.8 Å². The third-order valence-electron chi connectivity index (χ3n) is 6.75. The first kappa shape index (κ1) is 30.7. The molecule has 0 spiro atoms. The van der Waals surface area contributed by atoms with Crippen LogP contribution in [0.15, 0.2) is 47.4 Å². The van der Waals surface area contributed by atoms with Gasteiger partial charge in [0.25, 0.3) is 0 Å². The molecule has 0 radical (unpaired) electrons. The minimum absolute atomic E-state index is 0.122. The van der Waals surface area contributed by atoms with Crippen molar-refractivity contribution < 1.29 is 14.4 Å². The van der Waals surface area contributed by atoms with E-state index in [2.05, 4.69) is 52.8 Å². The highest BCUT2D eigenvalue weighted by molar-refractivity contribution is 7.98. The number of thioether (sulfide) groups is 1. The molecule has 2 aromatic rings. The molecule has 1 aliphatic rings. The third-order valence-corrected chi connectivity index (χ3v) is 7.92. The molecule has 3 rings (SSSR count). The second kappa shape index (κ2) is 17.9. The standard InChI is InChI=1S/C28H38N2O2S.C2H5NO/c1-3-7-26(20-32)30(2)18-27-24(19-31)8-6-11-28(27)33-21-23-14-12-22(13-15-23)16-17-29-25-9-4-5-10-25;1-3-2-4/h6,8,11-15,19-20,25-26,29H,3-5,7,9-10,16-18,21H2,1-2H3;2H,1H3,(H,3,4). The van der Waals surface area contributed by atoms with E-state index >= 15 is 0 Å². The first-order chi connectivity index (χ1) is 18.1. The quantitative estimate of drug-likeness (QED) is 0.251. The number of hydrogen-bond acceptors (Lipinski definition) is 6. The first-order valence-electron chi connectivity index (χ1n) is 13.3. The molecule has 0 saturated heterocycles. The molecule has 2 aromatic carbocycles. The number of aldehydes is 2. The molecule has 0 aromatic heterocycles. The Hall–Kier alpha value is -2.48. The van der Waals surface area contributed by atoms with E-state index in [0.717, 1.165) is 60.6 Å². The van der Waals surface area contributed by atoms with Crippen molar-refractivity contribution in [3.63, 3.8) is 0 Å². The number of hydrogen-bond donors (Lipinski definition) is 2. The van der Waals surface area contributed by atoms with Gasteiger partial charge >= 0.3 is 0 Å². The lowest BCUT2D eigenvalue weighted by molar-refractivity contribution is -0.112. The average molecular weight is 526 g/mol. The molecule has 1 fully saturated rings. The van der Waals surface area contributed by atoms with Crippen LogP contribution in [0.25, 0.3) is 0 Å². The summed E-state index contributed by atoms with van der Waals surface area (Å²) in [5.41, 5.74) is 4.37. The SMILES string of the molecule is CCCC(C=O)N(C)Cc1c(C=O)cccc1SCc1ccc(CCNC2CCCC2)cc1.CNC=O. The van der Waals surface area contributed by atoms with E-state index in [1.165, 1.54) is 36.8 Å². The largest absolute Gasteiger partial charge is 0.362 e. The summed E-state index contributed by atoms with van der Waals surface area (Å²) in [6.07, 6.45) is 10.8. The van der Waals surface area contributed by atoms with Crippen molar-refractivity contribution in [1.82, 2.24) is 15.5 Å². The number of likely N-dealkylation sites (N-methyl/N-ethyl adjacent to an activating group) is 1. The van der Waals surface area contributed by atoms with Gasteiger partial charge in [-0.2, -0.15) is 0 Å². The minimum atomic E-state index is -0.122. The Kier molecular flexibility index (Phi) is 14.9. The maximum atomic E-state index is 11.7. The number of benzene rings is 2. The molecule has 1 amide bonds. The second-order valence-electron chi connectivity index (χ2n) is 9.55. The van der Waals surface area contributed by atoms with Gasteiger partial charge < -0.3 is 15.4 Å². The molecule has 2 N–H and O–H groups in total. The fourth-order valence-corrected chi connectivity index (χ4v) is 5.61. The van der Waals surface area contributed by atoms with Crippen molar-refractivity contribution in [2.75, 3.05) is 20.6 Å². The summed E-state index contributed by atoms with van der Waals surface area (Å²) >= 11 is 1.76. The summed E-state index contributed by atoms with van der Waals surface area (Å²) in [5.74, 6) is 0.853. The van der Waals surface area contributed by atoms with Crippen LogP contribution in [-0.2, 0) is 28.3 Å². The van der Waals surface area contributed by atoms with Gasteiger partial charge in [0.05, 0.1) is 6.04 Å². The molecular formula is C30H43N3O3S. The fraction of sp³-hybridized carbons (Fsp3) is 0.500. The Morgan fingerprint density at radius 2 is 1.73 bits per heavy atom. The predicted octanol–water partition coefficient (Wildman–Crippen LogP) is 5.03. The molecule has 1 saturated carbocycles. The highest BCUT2D eigenvalue weighted by Crippen LogP contribution is 2.29. The zero-order valence-electron chi connectivity index (χ0n) is 22.6. The normalized spacial score (nSPS) is 14.1. The van der Waals surface area contributed by atoms with E-state index in [1.807, 2.05) is 19.2 Å². The maximum Gasteiger partial charge on any atom is 0.206 e. The number of nitrogens with one attached hydrogen (secondary N) is 2. The Morgan fingerprint density at radius 1 is 1.05 bits per heavy atom. The van der Waals surface area contributed by atoms with Gasteiger partial charge in [-0.1, -0.05) is 62.6 Å². The van der Waals surface area contributed by atoms with Gasteiger partial charge in [-0.3, -0.25) is 14.5 Å². The Labute approximate surface area is 227 Å². The van der Waals surface area contributed by atoms with Gasteiger partial charge in [0.1, 0.15) is 12.6 Å². The average Bonchev–Trinajstić information content (AvgIpc) is 3.45. The number of nitrogens with zero attached hydrogens (tertiary/aromatic N) is 1. The summed E-state index contributed by atoms with van der Waals surface area (Å²) in [4.78, 5) is 35.4. The van der Waals surface area contributed by atoms with Crippen molar-refractivity contribution in [2.45, 2.75) is 81.1 Å². The summed E-state index contributed by atoms with van der Waals surface area (Å²) in [6.45, 7) is 3.73. The van der Waals surface area contributed by atoms with Crippen LogP contribution in [0, 0.1) is 0 Å². The zero-order chi connectivity index (χ0) is 26.9. The van der Waals surface area contributed by atoms with E-state index in [0.29, 0.717) is 18.5 Å². The van der Waals surface area contributed by atoms with Crippen molar-refractivity contribution >= 4 is 30.7 Å². The van der Waals surface area contributed by atoms with Crippen LogP contribution < -0.4 is 10.6 Å². The van der Waals surface area contributed by atoms with E-state index in [-0.39, 0.29) is 6.04 Å². The number of carbonyl (C=O) groups is 3. The molecular weight excluding hydrogens is 482 g/mol. The maximum absolute atomic E-state index is 11.7. The van der Waals surface area contributed by atoms with Crippen molar-refractivity contribution in [3.05, 3.63) is 64.7 Å². The van der Waals surface area contributed by atoms with E-state index in [9.17, 15) is 9.59 Å². The van der Waals surface area contributed by atoms with Gasteiger partial charge in [-0.05, 0) is 62.0 Å². The molecule has 0 aliphatic heterocycles. The first-order valence-corrected chi connectivity index (χ1v) is 14.3. The molecule has 6 nitrogen and oxygen atoms in total. The topological polar surface area (TPSA) is 78.5 Å². The minimum Gasteiger partial charge on any atom is -0.362 e. The fourth-order valence-electron chi connectivity index (χ4n) is 4.57. The van der Waals surface area contributed by atoms with Crippen LogP contribution in [0.2, 0.25) is 0 Å². The van der Waals surface area contributed by atoms with E-state index in [4.69, 9.17) is 4.79 Å². The highest BCUT2D eigenvalue weighted by atomic mass is 32.2. The van der Waals surface area contributed by atoms with Crippen LogP contribution in [0.1, 0.15) is 72.5 Å². The van der Waals surface area contributed by atoms with Crippen molar-refractivity contribution in [1.29, 1.82) is 0 Å². The van der Waals surface area contributed by atoms with E-state index < -0.39 is 0 Å². The predicted molar refractivity (Wildman–Crippen MR) is 153 cm³/mol. The molecule has 37 heavy (non-hydrogen) atoms. The van der Waals surface area contributed by atoms with Gasteiger partial charge in [0.15, 0.2) is 0 Å². The zero-order valence-corrected chi connectivity index (χ0v) is 23.4. The number of carbonyl (C=O) groups excluding carboxylic acids is 3. The smallest absolute Gasteiger partial charge is 0.206 e. The van der Waals surface area contributed by atoms with Crippen LogP contribution in [0.4, 0.5) is 0 Å². The van der Waals surface area contributed by atoms with Gasteiger partial charge in [0.2, 0.25) is 6.41 Å². The molecule has 1 unspecified atom stereocenters. The van der Waals surface area contributed by atoms with Crippen LogP contribution in [-0.4, -0.2) is 56.6 Å². The van der Waals surface area contributed by atoms with Crippen LogP contribution in [0.3, 0.4) is 0 Å². The van der Waals surface area contributed by atoms with E-state index in [1.54, 1.807) is 18.8 Å². The molecule has 7 heteroatoms. The molecule has 1 aliphatic carbocycles. The molecule has 1 atom stereocenters. The Balaban J connectivity index is 0.00000112. The molecule has 0 heterocycles. The van der Waals surface area contributed by atoms with Crippen molar-refractivity contribution in [2.24, 2.45) is 0 Å². The summed E-state index contributed by atoms with van der Waals surface area (Å²) in [6, 6.07) is 15.4. The third kappa shape index (κ3) is 10.8. The lowest BCUT2D eigenvalue weighted by Gasteiger charge is -2.25. The summed E-state index contributed by atoms with van der Waals surface area (Å²) in [5, 5.41) is 5.94. The van der Waals surface area contributed by atoms with Crippen molar-refractivity contribution in [3.8, 4) is 0 Å². The second-order valence-corrected chi connectivity index (χ2v) is 10.6. The lowest BCUT2D eigenvalue weighted by Crippen LogP contribution is -2.32. The summed E-state index contributed by atoms with van der Waals surface area (Å²) in [7, 11) is 3.53. The van der Waals surface area contributed by atoms with Crippen LogP contribution >= 0.6 is 11.8 Å². The van der Waals surface area contributed by atoms with Gasteiger partial charge in [0, 0.05) is 35.8 Å².